The van der Waals surface area contributed by atoms with E-state index < -0.39 is 0 Å². The molecule has 0 unspecified atom stereocenters. The van der Waals surface area contributed by atoms with Crippen molar-refractivity contribution in [3.05, 3.63) is 28.5 Å². The lowest BCUT2D eigenvalue weighted by atomic mass is 10.3. The zero-order chi connectivity index (χ0) is 8.27. The van der Waals surface area contributed by atoms with E-state index in [-0.39, 0.29) is 22.8 Å². The lowest BCUT2D eigenvalue weighted by Crippen LogP contribution is -1.78. The summed E-state index contributed by atoms with van der Waals surface area (Å²) in [7, 11) is 0. The van der Waals surface area contributed by atoms with Gasteiger partial charge in [-0.25, -0.2) is 4.39 Å². The van der Waals surface area contributed by atoms with Crippen molar-refractivity contribution in [1.82, 2.24) is 0 Å². The zero-order valence-corrected chi connectivity index (χ0v) is 10.6. The predicted octanol–water partition coefficient (Wildman–Crippen LogP) is 4.28. The first kappa shape index (κ1) is 12.5. The Morgan fingerprint density at radius 2 is 2.17 bits per heavy atom. The number of halogens is 3. The van der Waals surface area contributed by atoms with Crippen molar-refractivity contribution in [1.29, 1.82) is 0 Å². The van der Waals surface area contributed by atoms with Crippen LogP contribution < -0.4 is 0 Å². The van der Waals surface area contributed by atoms with Gasteiger partial charge in [0.15, 0.2) is 0 Å². The quantitative estimate of drug-likeness (QED) is 0.734. The van der Waals surface area contributed by atoms with Crippen LogP contribution in [0.5, 0.6) is 0 Å². The lowest BCUT2D eigenvalue weighted by molar-refractivity contribution is 0.617. The topological polar surface area (TPSA) is 0 Å². The van der Waals surface area contributed by atoms with Gasteiger partial charge in [0.1, 0.15) is 5.82 Å². The van der Waals surface area contributed by atoms with E-state index in [2.05, 4.69) is 15.9 Å². The van der Waals surface area contributed by atoms with Gasteiger partial charge in [-0.15, -0.1) is 28.7 Å². The van der Waals surface area contributed by atoms with E-state index in [1.54, 1.807) is 17.8 Å². The van der Waals surface area contributed by atoms with Crippen molar-refractivity contribution in [2.75, 3.05) is 5.75 Å². The molecule has 0 aliphatic heterocycles. The number of thioether (sulfide) groups is 1. The molecular formula is C8H9Br2FS. The maximum Gasteiger partial charge on any atom is 0.138 e. The molecular weight excluding hydrogens is 307 g/mol. The molecule has 0 aromatic heterocycles. The second kappa shape index (κ2) is 6.00. The van der Waals surface area contributed by atoms with E-state index in [0.717, 1.165) is 10.6 Å². The molecule has 1 rings (SSSR count). The fraction of sp³-hybridized carbons (Fsp3) is 0.250. The maximum absolute atomic E-state index is 12.8. The Morgan fingerprint density at radius 3 is 2.67 bits per heavy atom. The lowest BCUT2D eigenvalue weighted by Gasteiger charge is -1.98. The number of hydrogen-bond acceptors (Lipinski definition) is 1. The number of benzene rings is 1. The number of rotatable bonds is 2. The fourth-order valence-corrected chi connectivity index (χ4v) is 1.66. The first-order valence-electron chi connectivity index (χ1n) is 3.32. The van der Waals surface area contributed by atoms with E-state index in [9.17, 15) is 4.39 Å². The predicted molar refractivity (Wildman–Crippen MR) is 60.8 cm³/mol. The van der Waals surface area contributed by atoms with Crippen LogP contribution in [0, 0.1) is 5.82 Å². The Balaban J connectivity index is 0.00000121. The molecule has 0 N–H and O–H groups in total. The van der Waals surface area contributed by atoms with Gasteiger partial charge in [-0.2, -0.15) is 0 Å². The highest BCUT2D eigenvalue weighted by atomic mass is 79.9. The van der Waals surface area contributed by atoms with Crippen molar-refractivity contribution >= 4 is 44.7 Å². The Bertz CT molecular complexity index is 253. The summed E-state index contributed by atoms with van der Waals surface area (Å²) in [4.78, 5) is 0.980. The smallest absolute Gasteiger partial charge is 0.138 e. The minimum Gasteiger partial charge on any atom is -0.206 e. The Hall–Kier alpha value is 0.460. The van der Waals surface area contributed by atoms with Gasteiger partial charge in [-0.1, -0.05) is 6.92 Å². The molecule has 68 valence electrons. The van der Waals surface area contributed by atoms with Crippen molar-refractivity contribution in [3.8, 4) is 0 Å². The summed E-state index contributed by atoms with van der Waals surface area (Å²) in [5.41, 5.74) is 0. The van der Waals surface area contributed by atoms with Crippen molar-refractivity contribution in [2.24, 2.45) is 0 Å². The van der Waals surface area contributed by atoms with E-state index in [4.69, 9.17) is 0 Å². The molecule has 0 aliphatic rings. The third-order valence-corrected chi connectivity index (χ3v) is 2.72. The monoisotopic (exact) mass is 314 g/mol. The van der Waals surface area contributed by atoms with E-state index in [1.807, 2.05) is 13.0 Å². The van der Waals surface area contributed by atoms with Gasteiger partial charge in [0, 0.05) is 4.90 Å². The molecule has 0 saturated carbocycles. The molecule has 1 aromatic carbocycles. The summed E-state index contributed by atoms with van der Waals surface area (Å²) in [6.07, 6.45) is 0. The average Bonchev–Trinajstić information content (AvgIpc) is 1.98. The standard InChI is InChI=1S/C8H8BrFS.BrH/c1-2-11-6-3-4-7(9)8(10)5-6;/h3-5H,2H2,1H3;1H. The minimum absolute atomic E-state index is 0. The van der Waals surface area contributed by atoms with E-state index >= 15 is 0 Å². The Kier molecular flexibility index (Phi) is 6.23. The molecule has 0 amide bonds. The van der Waals surface area contributed by atoms with Gasteiger partial charge in [-0.05, 0) is 39.9 Å². The molecule has 12 heavy (non-hydrogen) atoms. The van der Waals surface area contributed by atoms with Crippen LogP contribution in [0.4, 0.5) is 4.39 Å². The SMILES string of the molecule is Br.CCSc1ccc(Br)c(F)c1. The molecule has 0 spiro atoms. The third kappa shape index (κ3) is 3.46. The minimum atomic E-state index is -0.191. The Morgan fingerprint density at radius 1 is 1.50 bits per heavy atom. The first-order chi connectivity index (χ1) is 5.24. The van der Waals surface area contributed by atoms with Crippen LogP contribution in [-0.2, 0) is 0 Å². The summed E-state index contributed by atoms with van der Waals surface area (Å²) in [5, 5.41) is 0. The summed E-state index contributed by atoms with van der Waals surface area (Å²) < 4.78 is 13.4. The van der Waals surface area contributed by atoms with Crippen molar-refractivity contribution in [2.45, 2.75) is 11.8 Å². The van der Waals surface area contributed by atoms with Crippen LogP contribution in [0.25, 0.3) is 0 Å². The molecule has 0 aliphatic carbocycles. The van der Waals surface area contributed by atoms with Gasteiger partial charge in [0.2, 0.25) is 0 Å². The zero-order valence-electron chi connectivity index (χ0n) is 6.51. The molecule has 0 radical (unpaired) electrons. The number of hydrogen-bond donors (Lipinski definition) is 0. The van der Waals surface area contributed by atoms with Crippen LogP contribution in [0.15, 0.2) is 27.6 Å². The van der Waals surface area contributed by atoms with Crippen LogP contribution in [0.1, 0.15) is 6.92 Å². The van der Waals surface area contributed by atoms with E-state index in [1.165, 1.54) is 6.07 Å². The molecule has 0 fully saturated rings. The van der Waals surface area contributed by atoms with Gasteiger partial charge in [-0.3, -0.25) is 0 Å². The maximum atomic E-state index is 12.8. The van der Waals surface area contributed by atoms with Gasteiger partial charge in [0.05, 0.1) is 4.47 Å². The normalized spacial score (nSPS) is 9.25. The summed E-state index contributed by atoms with van der Waals surface area (Å²) >= 11 is 4.73. The fourth-order valence-electron chi connectivity index (χ4n) is 0.733. The summed E-state index contributed by atoms with van der Waals surface area (Å²) in [6.45, 7) is 2.05. The summed E-state index contributed by atoms with van der Waals surface area (Å²) in [6, 6.07) is 5.17. The van der Waals surface area contributed by atoms with Gasteiger partial charge >= 0.3 is 0 Å². The largest absolute Gasteiger partial charge is 0.206 e. The average molecular weight is 316 g/mol. The van der Waals surface area contributed by atoms with Crippen LogP contribution in [0.2, 0.25) is 0 Å². The molecule has 1 aromatic rings. The van der Waals surface area contributed by atoms with Gasteiger partial charge in [0.25, 0.3) is 0 Å². The Labute approximate surface area is 94.8 Å². The molecule has 0 saturated heterocycles. The van der Waals surface area contributed by atoms with Crippen LogP contribution in [0.3, 0.4) is 0 Å². The molecule has 0 atom stereocenters. The summed E-state index contributed by atoms with van der Waals surface area (Å²) in [5.74, 6) is 0.782. The molecule has 4 heteroatoms. The highest BCUT2D eigenvalue weighted by Crippen LogP contribution is 2.23. The second-order valence-electron chi connectivity index (χ2n) is 2.01. The molecule has 0 nitrogen and oxygen atoms in total. The first-order valence-corrected chi connectivity index (χ1v) is 5.09. The van der Waals surface area contributed by atoms with Crippen LogP contribution >= 0.6 is 44.7 Å². The molecule has 0 bridgehead atoms. The van der Waals surface area contributed by atoms with Crippen LogP contribution in [-0.4, -0.2) is 5.75 Å². The third-order valence-electron chi connectivity index (χ3n) is 1.20. The second-order valence-corrected chi connectivity index (χ2v) is 4.20. The van der Waals surface area contributed by atoms with Gasteiger partial charge < -0.3 is 0 Å². The van der Waals surface area contributed by atoms with Crippen molar-refractivity contribution < 1.29 is 4.39 Å². The molecule has 0 heterocycles. The van der Waals surface area contributed by atoms with E-state index in [0.29, 0.717) is 4.47 Å². The highest BCUT2D eigenvalue weighted by molar-refractivity contribution is 9.10. The highest BCUT2D eigenvalue weighted by Gasteiger charge is 1.99. The van der Waals surface area contributed by atoms with Crippen molar-refractivity contribution in [3.63, 3.8) is 0 Å².